The highest BCUT2D eigenvalue weighted by molar-refractivity contribution is 4.94. The molecule has 1 saturated carbocycles. The van der Waals surface area contributed by atoms with E-state index >= 15 is 0 Å². The number of hydrogen-bond donors (Lipinski definition) is 1. The van der Waals surface area contributed by atoms with Gasteiger partial charge in [-0.15, -0.1) is 0 Å². The lowest BCUT2D eigenvalue weighted by molar-refractivity contribution is -0.0283. The first-order chi connectivity index (χ1) is 4.96. The van der Waals surface area contributed by atoms with Gasteiger partial charge in [0.1, 0.15) is 0 Å². The monoisotopic (exact) mass is 156 g/mol. The van der Waals surface area contributed by atoms with Crippen molar-refractivity contribution in [2.24, 2.45) is 17.8 Å². The molecule has 0 unspecified atom stereocenters. The standard InChI is InChI=1S/C10H20O/c1-7(2)9-6-5-8(3)10(9,4)11/h7-9,11H,5-6H2,1-4H3/t8-,9-,10+/m0/s1. The van der Waals surface area contributed by atoms with Gasteiger partial charge in [-0.2, -0.15) is 0 Å². The van der Waals surface area contributed by atoms with Crippen LogP contribution in [0, 0.1) is 17.8 Å². The third-order valence-electron chi connectivity index (χ3n) is 3.46. The third-order valence-corrected chi connectivity index (χ3v) is 3.46. The first kappa shape index (κ1) is 9.05. The molecule has 11 heavy (non-hydrogen) atoms. The van der Waals surface area contributed by atoms with Crippen molar-refractivity contribution in [1.29, 1.82) is 0 Å². The second-order valence-electron chi connectivity index (χ2n) is 4.55. The van der Waals surface area contributed by atoms with Gasteiger partial charge in [0.25, 0.3) is 0 Å². The molecule has 0 bridgehead atoms. The molecule has 1 nitrogen and oxygen atoms in total. The summed E-state index contributed by atoms with van der Waals surface area (Å²) in [4.78, 5) is 0. The summed E-state index contributed by atoms with van der Waals surface area (Å²) in [5.74, 6) is 1.61. The average molecular weight is 156 g/mol. The van der Waals surface area contributed by atoms with Gasteiger partial charge in [0.2, 0.25) is 0 Å². The molecule has 1 rings (SSSR count). The molecule has 66 valence electrons. The summed E-state index contributed by atoms with van der Waals surface area (Å²) in [6.07, 6.45) is 2.39. The molecule has 0 aliphatic heterocycles. The lowest BCUT2D eigenvalue weighted by atomic mass is 9.80. The van der Waals surface area contributed by atoms with E-state index < -0.39 is 5.60 Å². The first-order valence-electron chi connectivity index (χ1n) is 4.68. The zero-order chi connectivity index (χ0) is 8.65. The molecule has 1 N–H and O–H groups in total. The van der Waals surface area contributed by atoms with Gasteiger partial charge >= 0.3 is 0 Å². The highest BCUT2D eigenvalue weighted by atomic mass is 16.3. The highest BCUT2D eigenvalue weighted by Crippen LogP contribution is 2.43. The van der Waals surface area contributed by atoms with Crippen LogP contribution in [-0.4, -0.2) is 10.7 Å². The second-order valence-corrected chi connectivity index (χ2v) is 4.55. The minimum Gasteiger partial charge on any atom is -0.390 e. The maximum atomic E-state index is 10.1. The van der Waals surface area contributed by atoms with E-state index in [2.05, 4.69) is 20.8 Å². The molecule has 0 radical (unpaired) electrons. The van der Waals surface area contributed by atoms with Crippen LogP contribution < -0.4 is 0 Å². The van der Waals surface area contributed by atoms with Gasteiger partial charge in [-0.05, 0) is 37.5 Å². The zero-order valence-electron chi connectivity index (χ0n) is 8.09. The van der Waals surface area contributed by atoms with Crippen molar-refractivity contribution in [2.75, 3.05) is 0 Å². The van der Waals surface area contributed by atoms with Crippen LogP contribution in [0.5, 0.6) is 0 Å². The Bertz CT molecular complexity index is 138. The van der Waals surface area contributed by atoms with Crippen molar-refractivity contribution < 1.29 is 5.11 Å². The van der Waals surface area contributed by atoms with Crippen LogP contribution in [0.4, 0.5) is 0 Å². The number of hydrogen-bond acceptors (Lipinski definition) is 1. The Morgan fingerprint density at radius 3 is 2.09 bits per heavy atom. The van der Waals surface area contributed by atoms with Crippen LogP contribution in [-0.2, 0) is 0 Å². The average Bonchev–Trinajstić information content (AvgIpc) is 2.08. The van der Waals surface area contributed by atoms with E-state index in [0.29, 0.717) is 17.8 Å². The molecule has 0 amide bonds. The molecular weight excluding hydrogens is 136 g/mol. The molecule has 3 atom stereocenters. The summed E-state index contributed by atoms with van der Waals surface area (Å²) in [5.41, 5.74) is -0.409. The summed E-state index contributed by atoms with van der Waals surface area (Å²) in [7, 11) is 0. The Morgan fingerprint density at radius 1 is 1.36 bits per heavy atom. The van der Waals surface area contributed by atoms with Gasteiger partial charge in [0, 0.05) is 0 Å². The molecule has 0 aromatic rings. The Labute approximate surface area is 69.8 Å². The summed E-state index contributed by atoms with van der Waals surface area (Å²) in [6, 6.07) is 0. The van der Waals surface area contributed by atoms with Gasteiger partial charge in [-0.25, -0.2) is 0 Å². The van der Waals surface area contributed by atoms with Crippen LogP contribution in [0.2, 0.25) is 0 Å². The van der Waals surface area contributed by atoms with E-state index in [1.54, 1.807) is 0 Å². The van der Waals surface area contributed by atoms with Crippen LogP contribution in [0.1, 0.15) is 40.5 Å². The van der Waals surface area contributed by atoms with Crippen LogP contribution >= 0.6 is 0 Å². The van der Waals surface area contributed by atoms with Crippen molar-refractivity contribution in [3.05, 3.63) is 0 Å². The molecule has 1 aliphatic carbocycles. The maximum Gasteiger partial charge on any atom is 0.0675 e. The second kappa shape index (κ2) is 2.78. The van der Waals surface area contributed by atoms with Crippen molar-refractivity contribution in [1.82, 2.24) is 0 Å². The van der Waals surface area contributed by atoms with Crippen LogP contribution in [0.3, 0.4) is 0 Å². The number of aliphatic hydroxyl groups is 1. The summed E-state index contributed by atoms with van der Waals surface area (Å²) < 4.78 is 0. The van der Waals surface area contributed by atoms with E-state index in [1.807, 2.05) is 6.92 Å². The van der Waals surface area contributed by atoms with Crippen molar-refractivity contribution in [2.45, 2.75) is 46.1 Å². The van der Waals surface area contributed by atoms with E-state index in [-0.39, 0.29) is 0 Å². The highest BCUT2D eigenvalue weighted by Gasteiger charge is 2.43. The molecule has 1 aliphatic rings. The fraction of sp³-hybridized carbons (Fsp3) is 1.00. The Kier molecular flexibility index (Phi) is 2.29. The molecule has 1 fully saturated rings. The third kappa shape index (κ3) is 1.44. The quantitative estimate of drug-likeness (QED) is 0.618. The maximum absolute atomic E-state index is 10.1. The largest absolute Gasteiger partial charge is 0.390 e. The minimum atomic E-state index is -0.409. The van der Waals surface area contributed by atoms with Crippen molar-refractivity contribution in [3.63, 3.8) is 0 Å². The van der Waals surface area contributed by atoms with Gasteiger partial charge < -0.3 is 5.11 Å². The summed E-state index contributed by atoms with van der Waals surface area (Å²) in [6.45, 7) is 8.56. The lowest BCUT2D eigenvalue weighted by Crippen LogP contribution is -2.37. The van der Waals surface area contributed by atoms with Crippen LogP contribution in [0.25, 0.3) is 0 Å². The minimum absolute atomic E-state index is 0.409. The SMILES string of the molecule is CC(C)[C@@H]1CC[C@H](C)[C@@]1(C)O. The van der Waals surface area contributed by atoms with Gasteiger partial charge in [-0.3, -0.25) is 0 Å². The fourth-order valence-electron chi connectivity index (χ4n) is 2.39. The topological polar surface area (TPSA) is 20.2 Å². The Morgan fingerprint density at radius 2 is 1.91 bits per heavy atom. The lowest BCUT2D eigenvalue weighted by Gasteiger charge is -2.32. The van der Waals surface area contributed by atoms with E-state index in [1.165, 1.54) is 12.8 Å². The molecule has 0 heterocycles. The Balaban J connectivity index is 2.70. The normalized spacial score (nSPS) is 45.3. The van der Waals surface area contributed by atoms with Crippen LogP contribution in [0.15, 0.2) is 0 Å². The van der Waals surface area contributed by atoms with E-state index in [0.717, 1.165) is 0 Å². The fourth-order valence-corrected chi connectivity index (χ4v) is 2.39. The predicted octanol–water partition coefficient (Wildman–Crippen LogP) is 2.44. The summed E-state index contributed by atoms with van der Waals surface area (Å²) in [5, 5.41) is 10.1. The predicted molar refractivity (Wildman–Crippen MR) is 47.3 cm³/mol. The molecule has 0 aromatic heterocycles. The zero-order valence-corrected chi connectivity index (χ0v) is 8.09. The van der Waals surface area contributed by atoms with Gasteiger partial charge in [-0.1, -0.05) is 20.8 Å². The first-order valence-corrected chi connectivity index (χ1v) is 4.68. The molecule has 0 saturated heterocycles. The van der Waals surface area contributed by atoms with Gasteiger partial charge in [0.15, 0.2) is 0 Å². The number of rotatable bonds is 1. The summed E-state index contributed by atoms with van der Waals surface area (Å²) >= 11 is 0. The van der Waals surface area contributed by atoms with E-state index in [9.17, 15) is 5.11 Å². The molecule has 0 aromatic carbocycles. The van der Waals surface area contributed by atoms with Crippen molar-refractivity contribution >= 4 is 0 Å². The van der Waals surface area contributed by atoms with Gasteiger partial charge in [0.05, 0.1) is 5.60 Å². The Hall–Kier alpha value is -0.0400. The van der Waals surface area contributed by atoms with E-state index in [4.69, 9.17) is 0 Å². The molecule has 1 heteroatoms. The molecule has 0 spiro atoms. The van der Waals surface area contributed by atoms with Crippen molar-refractivity contribution in [3.8, 4) is 0 Å². The molecular formula is C10H20O. The smallest absolute Gasteiger partial charge is 0.0675 e.